The highest BCUT2D eigenvalue weighted by Gasteiger charge is 2.19. The van der Waals surface area contributed by atoms with Gasteiger partial charge in [-0.1, -0.05) is 25.8 Å². The summed E-state index contributed by atoms with van der Waals surface area (Å²) in [6, 6.07) is 5.13. The summed E-state index contributed by atoms with van der Waals surface area (Å²) < 4.78 is 0. The van der Waals surface area contributed by atoms with Crippen LogP contribution in [0, 0.1) is 5.92 Å². The molecule has 0 bridgehead atoms. The third-order valence-electron chi connectivity index (χ3n) is 3.69. The van der Waals surface area contributed by atoms with Crippen molar-refractivity contribution in [3.05, 3.63) is 22.4 Å². The molecule has 1 nitrogen and oxygen atoms in total. The van der Waals surface area contributed by atoms with Gasteiger partial charge in [0.05, 0.1) is 0 Å². The van der Waals surface area contributed by atoms with Gasteiger partial charge in [-0.25, -0.2) is 0 Å². The molecule has 0 saturated heterocycles. The highest BCUT2D eigenvalue weighted by atomic mass is 32.1. The van der Waals surface area contributed by atoms with Gasteiger partial charge in [-0.2, -0.15) is 0 Å². The van der Waals surface area contributed by atoms with E-state index in [4.69, 9.17) is 0 Å². The molecule has 0 radical (unpaired) electrons. The summed E-state index contributed by atoms with van der Waals surface area (Å²) in [5.74, 6) is 1.02. The van der Waals surface area contributed by atoms with Crippen LogP contribution in [0.15, 0.2) is 17.5 Å². The number of thiophene rings is 1. The Morgan fingerprint density at radius 3 is 2.75 bits per heavy atom. The maximum Gasteiger partial charge on any atom is 0.0302 e. The zero-order valence-corrected chi connectivity index (χ0v) is 11.1. The van der Waals surface area contributed by atoms with Crippen LogP contribution in [0.1, 0.15) is 50.3 Å². The molecule has 90 valence electrons. The van der Waals surface area contributed by atoms with Gasteiger partial charge in [0.1, 0.15) is 0 Å². The van der Waals surface area contributed by atoms with Crippen molar-refractivity contribution < 1.29 is 0 Å². The lowest BCUT2D eigenvalue weighted by atomic mass is 9.83. The van der Waals surface area contributed by atoms with Crippen LogP contribution in [0.25, 0.3) is 0 Å². The maximum atomic E-state index is 3.70. The van der Waals surface area contributed by atoms with E-state index in [0.29, 0.717) is 0 Å². The first-order chi connectivity index (χ1) is 7.88. The van der Waals surface area contributed by atoms with Gasteiger partial charge in [-0.05, 0) is 43.0 Å². The molecule has 1 aromatic rings. The Bertz CT molecular complexity index is 273. The predicted octanol–water partition coefficient (Wildman–Crippen LogP) is 4.20. The minimum atomic E-state index is 0.773. The van der Waals surface area contributed by atoms with Gasteiger partial charge in [0, 0.05) is 17.5 Å². The van der Waals surface area contributed by atoms with E-state index in [2.05, 4.69) is 29.8 Å². The maximum absolute atomic E-state index is 3.70. The van der Waals surface area contributed by atoms with Crippen molar-refractivity contribution in [1.82, 2.24) is 5.32 Å². The molecule has 0 atom stereocenters. The van der Waals surface area contributed by atoms with Crippen molar-refractivity contribution in [3.8, 4) is 0 Å². The summed E-state index contributed by atoms with van der Waals surface area (Å²) in [6.45, 7) is 3.38. The van der Waals surface area contributed by atoms with Crippen LogP contribution >= 0.6 is 11.3 Å². The van der Waals surface area contributed by atoms with Gasteiger partial charge in [0.2, 0.25) is 0 Å². The minimum absolute atomic E-state index is 0.773. The van der Waals surface area contributed by atoms with E-state index in [-0.39, 0.29) is 0 Å². The van der Waals surface area contributed by atoms with Crippen molar-refractivity contribution in [3.63, 3.8) is 0 Å². The monoisotopic (exact) mass is 237 g/mol. The molecule has 2 rings (SSSR count). The van der Waals surface area contributed by atoms with Crippen molar-refractivity contribution in [1.29, 1.82) is 0 Å². The minimum Gasteiger partial charge on any atom is -0.309 e. The average Bonchev–Trinajstić information content (AvgIpc) is 2.82. The molecule has 0 unspecified atom stereocenters. The van der Waals surface area contributed by atoms with E-state index < -0.39 is 0 Å². The second-order valence-corrected chi connectivity index (χ2v) is 6.00. The highest BCUT2D eigenvalue weighted by Crippen LogP contribution is 2.27. The summed E-state index contributed by atoms with van der Waals surface area (Å²) >= 11 is 1.86. The zero-order valence-electron chi connectivity index (χ0n) is 10.2. The lowest BCUT2D eigenvalue weighted by Crippen LogP contribution is -2.32. The number of rotatable bonds is 5. The Kier molecular flexibility index (Phi) is 4.86. The standard InChI is InChI=1S/C14H23NS/c1-2-4-12-6-8-13(9-7-12)15-11-14-5-3-10-16-14/h3,5,10,12-13,15H,2,4,6-9,11H2,1H3. The molecule has 0 spiro atoms. The van der Waals surface area contributed by atoms with Gasteiger partial charge in [0.25, 0.3) is 0 Å². The lowest BCUT2D eigenvalue weighted by molar-refractivity contribution is 0.278. The van der Waals surface area contributed by atoms with E-state index >= 15 is 0 Å². The molecule has 1 aliphatic carbocycles. The van der Waals surface area contributed by atoms with Gasteiger partial charge in [-0.15, -0.1) is 11.3 Å². The van der Waals surface area contributed by atoms with Crippen molar-refractivity contribution >= 4 is 11.3 Å². The van der Waals surface area contributed by atoms with Gasteiger partial charge in [0.15, 0.2) is 0 Å². The number of nitrogens with one attached hydrogen (secondary N) is 1. The second-order valence-electron chi connectivity index (χ2n) is 4.97. The molecule has 0 aromatic carbocycles. The molecule has 2 heteroatoms. The molecular weight excluding hydrogens is 214 g/mol. The third-order valence-corrected chi connectivity index (χ3v) is 4.57. The number of hydrogen-bond acceptors (Lipinski definition) is 2. The van der Waals surface area contributed by atoms with Crippen LogP contribution < -0.4 is 5.32 Å². The number of hydrogen-bond donors (Lipinski definition) is 1. The lowest BCUT2D eigenvalue weighted by Gasteiger charge is -2.28. The summed E-state index contributed by atoms with van der Waals surface area (Å²) in [6.07, 6.45) is 8.45. The first-order valence-corrected chi connectivity index (χ1v) is 7.52. The Morgan fingerprint density at radius 2 is 2.12 bits per heavy atom. The molecule has 1 fully saturated rings. The second kappa shape index (κ2) is 6.41. The largest absolute Gasteiger partial charge is 0.309 e. The van der Waals surface area contributed by atoms with Crippen LogP contribution in [0.2, 0.25) is 0 Å². The predicted molar refractivity (Wildman–Crippen MR) is 71.8 cm³/mol. The summed E-state index contributed by atoms with van der Waals surface area (Å²) in [7, 11) is 0. The van der Waals surface area contributed by atoms with Gasteiger partial charge in [-0.3, -0.25) is 0 Å². The first kappa shape index (κ1) is 12.1. The van der Waals surface area contributed by atoms with Crippen LogP contribution in [-0.2, 0) is 6.54 Å². The third kappa shape index (κ3) is 3.60. The normalized spacial score (nSPS) is 25.8. The molecule has 1 N–H and O–H groups in total. The fourth-order valence-electron chi connectivity index (χ4n) is 2.72. The summed E-state index contributed by atoms with van der Waals surface area (Å²) in [5.41, 5.74) is 0. The van der Waals surface area contributed by atoms with E-state index in [1.54, 1.807) is 0 Å². The Hall–Kier alpha value is -0.340. The van der Waals surface area contributed by atoms with E-state index in [1.807, 2.05) is 11.3 Å². The van der Waals surface area contributed by atoms with Crippen LogP contribution in [0.5, 0.6) is 0 Å². The fraction of sp³-hybridized carbons (Fsp3) is 0.714. The molecule has 1 aliphatic rings. The Labute approximate surface area is 103 Å². The van der Waals surface area contributed by atoms with Crippen molar-refractivity contribution in [2.45, 2.75) is 58.0 Å². The summed E-state index contributed by atoms with van der Waals surface area (Å²) in [5, 5.41) is 5.86. The average molecular weight is 237 g/mol. The Balaban J connectivity index is 1.65. The SMILES string of the molecule is CCCC1CCC(NCc2cccs2)CC1. The van der Waals surface area contributed by atoms with Crippen molar-refractivity contribution in [2.75, 3.05) is 0 Å². The molecular formula is C14H23NS. The highest BCUT2D eigenvalue weighted by molar-refractivity contribution is 7.09. The molecule has 1 heterocycles. The van der Waals surface area contributed by atoms with Crippen LogP contribution in [0.4, 0.5) is 0 Å². The van der Waals surface area contributed by atoms with Gasteiger partial charge < -0.3 is 5.32 Å². The molecule has 1 aromatic heterocycles. The van der Waals surface area contributed by atoms with Crippen LogP contribution in [0.3, 0.4) is 0 Å². The van der Waals surface area contributed by atoms with Crippen molar-refractivity contribution in [2.24, 2.45) is 5.92 Å². The fourth-order valence-corrected chi connectivity index (χ4v) is 3.38. The molecule has 1 saturated carbocycles. The molecule has 16 heavy (non-hydrogen) atoms. The summed E-state index contributed by atoms with van der Waals surface area (Å²) in [4.78, 5) is 1.47. The quantitative estimate of drug-likeness (QED) is 0.809. The van der Waals surface area contributed by atoms with Gasteiger partial charge >= 0.3 is 0 Å². The van der Waals surface area contributed by atoms with E-state index in [9.17, 15) is 0 Å². The topological polar surface area (TPSA) is 12.0 Å². The van der Waals surface area contributed by atoms with E-state index in [1.165, 1.54) is 43.4 Å². The smallest absolute Gasteiger partial charge is 0.0302 e. The Morgan fingerprint density at radius 1 is 1.31 bits per heavy atom. The van der Waals surface area contributed by atoms with Crippen LogP contribution in [-0.4, -0.2) is 6.04 Å². The molecule has 0 amide bonds. The zero-order chi connectivity index (χ0) is 11.2. The molecule has 0 aliphatic heterocycles. The first-order valence-electron chi connectivity index (χ1n) is 6.64. The van der Waals surface area contributed by atoms with E-state index in [0.717, 1.165) is 18.5 Å².